The number of ether oxygens (including phenoxy) is 1. The SMILES string of the molecule is CCO[P+](=O)C(OC)S(=O)(=O)OCC. The number of methoxy groups -OCH3 is 1. The highest BCUT2D eigenvalue weighted by Gasteiger charge is 2.46. The maximum absolute atomic E-state index is 11.3. The molecule has 2 unspecified atom stereocenters. The van der Waals surface area contributed by atoms with Crippen molar-refractivity contribution in [2.75, 3.05) is 20.3 Å². The van der Waals surface area contributed by atoms with Crippen LogP contribution in [0.1, 0.15) is 13.8 Å². The van der Waals surface area contributed by atoms with Crippen LogP contribution in [0.15, 0.2) is 0 Å². The van der Waals surface area contributed by atoms with Crippen LogP contribution in [-0.2, 0) is 28.1 Å². The predicted octanol–water partition coefficient (Wildman–Crippen LogP) is 1.06. The summed E-state index contributed by atoms with van der Waals surface area (Å²) in [7, 11) is -5.27. The highest BCUT2D eigenvalue weighted by Crippen LogP contribution is 2.34. The Kier molecular flexibility index (Phi) is 6.39. The van der Waals surface area contributed by atoms with Crippen molar-refractivity contribution in [1.82, 2.24) is 0 Å². The zero-order valence-corrected chi connectivity index (χ0v) is 10.0. The molecule has 0 spiro atoms. The minimum Gasteiger partial charge on any atom is -0.322 e. The standard InChI is InChI=1S/C6H14O6PS/c1-4-11-13(7)6(10-3)14(8,9)12-5-2/h6H,4-5H2,1-3H3/q+1. The van der Waals surface area contributed by atoms with Gasteiger partial charge in [-0.2, -0.15) is 8.42 Å². The van der Waals surface area contributed by atoms with Crippen molar-refractivity contribution in [1.29, 1.82) is 0 Å². The molecule has 0 heterocycles. The molecular weight excluding hydrogens is 231 g/mol. The number of hydrogen-bond acceptors (Lipinski definition) is 6. The van der Waals surface area contributed by atoms with E-state index in [2.05, 4.69) is 13.4 Å². The van der Waals surface area contributed by atoms with Gasteiger partial charge in [0.25, 0.3) is 0 Å². The first-order chi connectivity index (χ1) is 6.49. The first kappa shape index (κ1) is 13.9. The summed E-state index contributed by atoms with van der Waals surface area (Å²) in [6.07, 6.45) is 0. The van der Waals surface area contributed by atoms with Gasteiger partial charge in [-0.25, -0.2) is 0 Å². The second-order valence-electron chi connectivity index (χ2n) is 2.15. The average Bonchev–Trinajstić information content (AvgIpc) is 2.04. The summed E-state index contributed by atoms with van der Waals surface area (Å²) >= 11 is 0. The van der Waals surface area contributed by atoms with Gasteiger partial charge < -0.3 is 4.74 Å². The molecule has 0 bridgehead atoms. The molecule has 2 atom stereocenters. The van der Waals surface area contributed by atoms with E-state index in [4.69, 9.17) is 0 Å². The van der Waals surface area contributed by atoms with E-state index in [0.29, 0.717) is 0 Å². The quantitative estimate of drug-likeness (QED) is 0.493. The first-order valence-electron chi connectivity index (χ1n) is 3.99. The van der Waals surface area contributed by atoms with Crippen LogP contribution in [0.5, 0.6) is 0 Å². The van der Waals surface area contributed by atoms with E-state index in [-0.39, 0.29) is 13.2 Å². The lowest BCUT2D eigenvalue weighted by molar-refractivity contribution is 0.183. The molecule has 0 saturated heterocycles. The average molecular weight is 245 g/mol. The fourth-order valence-corrected chi connectivity index (χ4v) is 3.16. The van der Waals surface area contributed by atoms with Gasteiger partial charge in [-0.15, -0.1) is 4.52 Å². The fourth-order valence-electron chi connectivity index (χ4n) is 0.720. The monoisotopic (exact) mass is 245 g/mol. The van der Waals surface area contributed by atoms with Crippen molar-refractivity contribution in [3.8, 4) is 0 Å². The van der Waals surface area contributed by atoms with Crippen LogP contribution in [0.4, 0.5) is 0 Å². The van der Waals surface area contributed by atoms with Crippen molar-refractivity contribution in [2.45, 2.75) is 19.0 Å². The van der Waals surface area contributed by atoms with E-state index < -0.39 is 23.3 Å². The summed E-state index contributed by atoms with van der Waals surface area (Å²) < 4.78 is 47.4. The van der Waals surface area contributed by atoms with Crippen LogP contribution in [-0.4, -0.2) is 33.9 Å². The maximum atomic E-state index is 11.3. The molecule has 0 rings (SSSR count). The number of rotatable bonds is 7. The minimum atomic E-state index is -3.97. The normalized spacial score (nSPS) is 15.2. The Morgan fingerprint density at radius 3 is 2.21 bits per heavy atom. The molecule has 8 heteroatoms. The molecule has 0 aromatic carbocycles. The fraction of sp³-hybridized carbons (Fsp3) is 1.00. The van der Waals surface area contributed by atoms with Crippen LogP contribution in [0.25, 0.3) is 0 Å². The van der Waals surface area contributed by atoms with Gasteiger partial charge in [-0.1, -0.05) is 0 Å². The Morgan fingerprint density at radius 2 is 1.86 bits per heavy atom. The van der Waals surface area contributed by atoms with Gasteiger partial charge in [0.05, 0.1) is 13.2 Å². The molecule has 0 fully saturated rings. The summed E-state index contributed by atoms with van der Waals surface area (Å²) in [5, 5.41) is -1.56. The van der Waals surface area contributed by atoms with Gasteiger partial charge >= 0.3 is 23.3 Å². The molecule has 0 saturated carbocycles. The van der Waals surface area contributed by atoms with Gasteiger partial charge in [0, 0.05) is 7.11 Å². The molecule has 0 aliphatic rings. The molecule has 0 amide bonds. The number of hydrogen-bond donors (Lipinski definition) is 0. The first-order valence-corrected chi connectivity index (χ1v) is 6.71. The molecule has 0 aromatic heterocycles. The highest BCUT2D eigenvalue weighted by molar-refractivity contribution is 7.92. The van der Waals surface area contributed by atoms with Crippen LogP contribution in [0, 0.1) is 0 Å². The Hall–Kier alpha value is -0.0700. The van der Waals surface area contributed by atoms with E-state index in [1.165, 1.54) is 6.92 Å². The van der Waals surface area contributed by atoms with E-state index in [9.17, 15) is 13.0 Å². The van der Waals surface area contributed by atoms with E-state index in [1.807, 2.05) is 0 Å². The third-order valence-electron chi connectivity index (χ3n) is 1.16. The zero-order valence-electron chi connectivity index (χ0n) is 8.30. The van der Waals surface area contributed by atoms with Crippen LogP contribution in [0.3, 0.4) is 0 Å². The van der Waals surface area contributed by atoms with Gasteiger partial charge in [-0.05, 0) is 18.4 Å². The molecule has 6 nitrogen and oxygen atoms in total. The van der Waals surface area contributed by atoms with Crippen molar-refractivity contribution in [2.24, 2.45) is 0 Å². The topological polar surface area (TPSA) is 78.9 Å². The highest BCUT2D eigenvalue weighted by atomic mass is 32.2. The zero-order chi connectivity index (χ0) is 11.2. The Labute approximate surface area is 84.5 Å². The Balaban J connectivity index is 4.63. The van der Waals surface area contributed by atoms with E-state index >= 15 is 0 Å². The molecular formula is C6H14O6PS+. The smallest absolute Gasteiger partial charge is 0.322 e. The van der Waals surface area contributed by atoms with Crippen molar-refractivity contribution in [3.05, 3.63) is 0 Å². The van der Waals surface area contributed by atoms with Gasteiger partial charge in [0.15, 0.2) is 0 Å². The maximum Gasteiger partial charge on any atom is 0.560 e. The molecule has 0 aromatic rings. The molecule has 0 aliphatic heterocycles. The van der Waals surface area contributed by atoms with Crippen LogP contribution in [0.2, 0.25) is 0 Å². The predicted molar refractivity (Wildman–Crippen MR) is 50.6 cm³/mol. The Bertz CT molecular complexity index is 274. The lowest BCUT2D eigenvalue weighted by Gasteiger charge is -2.04. The van der Waals surface area contributed by atoms with Crippen LogP contribution < -0.4 is 0 Å². The van der Waals surface area contributed by atoms with E-state index in [0.717, 1.165) is 7.11 Å². The molecule has 84 valence electrons. The summed E-state index contributed by atoms with van der Waals surface area (Å²) in [6, 6.07) is 0. The lowest BCUT2D eigenvalue weighted by Crippen LogP contribution is -2.22. The lowest BCUT2D eigenvalue weighted by atomic mass is 10.9. The second-order valence-corrected chi connectivity index (χ2v) is 5.44. The molecule has 0 N–H and O–H groups in total. The molecule has 0 aliphatic carbocycles. The summed E-state index contributed by atoms with van der Waals surface area (Å²) in [5.74, 6) is 0. The third-order valence-corrected chi connectivity index (χ3v) is 4.77. The third kappa shape index (κ3) is 3.98. The molecule has 0 radical (unpaired) electrons. The largest absolute Gasteiger partial charge is 0.560 e. The van der Waals surface area contributed by atoms with Crippen molar-refractivity contribution >= 4 is 18.1 Å². The van der Waals surface area contributed by atoms with Crippen molar-refractivity contribution < 1.29 is 26.4 Å². The van der Waals surface area contributed by atoms with Crippen LogP contribution >= 0.6 is 8.03 Å². The van der Waals surface area contributed by atoms with Gasteiger partial charge in [-0.3, -0.25) is 4.18 Å². The second kappa shape index (κ2) is 6.42. The van der Waals surface area contributed by atoms with Gasteiger partial charge in [0.2, 0.25) is 0 Å². The van der Waals surface area contributed by atoms with E-state index in [1.54, 1.807) is 6.92 Å². The summed E-state index contributed by atoms with van der Waals surface area (Å²) in [6.45, 7) is 3.24. The van der Waals surface area contributed by atoms with Gasteiger partial charge in [0.1, 0.15) is 0 Å². The molecule has 14 heavy (non-hydrogen) atoms. The Morgan fingerprint density at radius 1 is 1.29 bits per heavy atom. The minimum absolute atomic E-state index is 0.0303. The summed E-state index contributed by atoms with van der Waals surface area (Å²) in [4.78, 5) is 0. The summed E-state index contributed by atoms with van der Waals surface area (Å²) in [5.41, 5.74) is 0. The van der Waals surface area contributed by atoms with Crippen molar-refractivity contribution in [3.63, 3.8) is 0 Å².